The van der Waals surface area contributed by atoms with Gasteiger partial charge in [0, 0.05) is 18.8 Å². The van der Waals surface area contributed by atoms with Crippen LogP contribution in [0.3, 0.4) is 0 Å². The van der Waals surface area contributed by atoms with Gasteiger partial charge in [-0.25, -0.2) is 0 Å². The first-order valence-electron chi connectivity index (χ1n) is 8.40. The fourth-order valence-electron chi connectivity index (χ4n) is 2.86. The van der Waals surface area contributed by atoms with Crippen molar-refractivity contribution in [3.63, 3.8) is 0 Å². The monoisotopic (exact) mass is 354 g/mol. The quantitative estimate of drug-likeness (QED) is 0.897. The van der Waals surface area contributed by atoms with E-state index in [4.69, 9.17) is 0 Å². The molecule has 0 aromatic heterocycles. The number of thioether (sulfide) groups is 1. The Kier molecular flexibility index (Phi) is 5.76. The molecule has 0 saturated heterocycles. The molecule has 5 heteroatoms. The topological polar surface area (TPSA) is 49.4 Å². The van der Waals surface area contributed by atoms with Gasteiger partial charge in [0.05, 0.1) is 11.5 Å². The summed E-state index contributed by atoms with van der Waals surface area (Å²) in [4.78, 5) is 26.2. The van der Waals surface area contributed by atoms with Crippen LogP contribution in [0, 0.1) is 6.92 Å². The molecular weight excluding hydrogens is 332 g/mol. The number of benzene rings is 2. The van der Waals surface area contributed by atoms with Gasteiger partial charge in [-0.1, -0.05) is 42.0 Å². The molecule has 3 rings (SSSR count). The number of nitrogens with zero attached hydrogens (tertiary/aromatic N) is 1. The lowest BCUT2D eigenvalue weighted by molar-refractivity contribution is -0.129. The SMILES string of the molecule is Cc1ccc(NC(=O)CSCC(=O)N2CCc3ccccc3C2)cc1. The molecule has 0 saturated carbocycles. The highest BCUT2D eigenvalue weighted by Crippen LogP contribution is 2.19. The molecule has 0 atom stereocenters. The van der Waals surface area contributed by atoms with Gasteiger partial charge in [-0.2, -0.15) is 0 Å². The average molecular weight is 354 g/mol. The minimum absolute atomic E-state index is 0.0781. The molecule has 0 fully saturated rings. The van der Waals surface area contributed by atoms with Crippen molar-refractivity contribution in [3.8, 4) is 0 Å². The smallest absolute Gasteiger partial charge is 0.234 e. The van der Waals surface area contributed by atoms with E-state index in [9.17, 15) is 9.59 Å². The molecule has 130 valence electrons. The van der Waals surface area contributed by atoms with E-state index in [0.29, 0.717) is 12.3 Å². The molecule has 1 heterocycles. The van der Waals surface area contributed by atoms with Gasteiger partial charge < -0.3 is 10.2 Å². The first-order chi connectivity index (χ1) is 12.1. The highest BCUT2D eigenvalue weighted by molar-refractivity contribution is 8.00. The van der Waals surface area contributed by atoms with Crippen molar-refractivity contribution in [1.82, 2.24) is 4.90 Å². The number of nitrogens with one attached hydrogen (secondary N) is 1. The molecule has 0 bridgehead atoms. The molecule has 2 aromatic carbocycles. The second-order valence-electron chi connectivity index (χ2n) is 6.24. The number of anilines is 1. The average Bonchev–Trinajstić information content (AvgIpc) is 2.63. The maximum Gasteiger partial charge on any atom is 0.234 e. The fourth-order valence-corrected chi connectivity index (χ4v) is 3.58. The number of aryl methyl sites for hydroxylation is 1. The second kappa shape index (κ2) is 8.21. The lowest BCUT2D eigenvalue weighted by Gasteiger charge is -2.28. The summed E-state index contributed by atoms with van der Waals surface area (Å²) >= 11 is 1.36. The molecule has 4 nitrogen and oxygen atoms in total. The summed E-state index contributed by atoms with van der Waals surface area (Å²) in [6.45, 7) is 3.43. The zero-order valence-corrected chi connectivity index (χ0v) is 15.1. The Bertz CT molecular complexity index is 759. The molecule has 0 unspecified atom stereocenters. The Morgan fingerprint density at radius 1 is 1.04 bits per heavy atom. The van der Waals surface area contributed by atoms with Gasteiger partial charge in [-0.05, 0) is 36.6 Å². The third-order valence-corrected chi connectivity index (χ3v) is 5.19. The third kappa shape index (κ3) is 4.86. The Balaban J connectivity index is 1.42. The predicted octanol–water partition coefficient (Wildman–Crippen LogP) is 3.25. The van der Waals surface area contributed by atoms with Crippen LogP contribution in [0.15, 0.2) is 48.5 Å². The van der Waals surface area contributed by atoms with Crippen LogP contribution in [0.2, 0.25) is 0 Å². The fraction of sp³-hybridized carbons (Fsp3) is 0.300. The van der Waals surface area contributed by atoms with Gasteiger partial charge >= 0.3 is 0 Å². The Labute approximate surface area is 152 Å². The van der Waals surface area contributed by atoms with Gasteiger partial charge in [-0.3, -0.25) is 9.59 Å². The predicted molar refractivity (Wildman–Crippen MR) is 103 cm³/mol. The van der Waals surface area contributed by atoms with Crippen molar-refractivity contribution in [2.75, 3.05) is 23.4 Å². The van der Waals surface area contributed by atoms with E-state index in [0.717, 1.165) is 24.2 Å². The van der Waals surface area contributed by atoms with Gasteiger partial charge in [-0.15, -0.1) is 11.8 Å². The summed E-state index contributed by atoms with van der Waals surface area (Å²) in [5.74, 6) is 0.640. The summed E-state index contributed by atoms with van der Waals surface area (Å²) in [5, 5.41) is 2.85. The third-order valence-electron chi connectivity index (χ3n) is 4.28. The van der Waals surface area contributed by atoms with Crippen LogP contribution in [0.4, 0.5) is 5.69 Å². The van der Waals surface area contributed by atoms with Crippen molar-refractivity contribution < 1.29 is 9.59 Å². The van der Waals surface area contributed by atoms with Gasteiger partial charge in [0.25, 0.3) is 0 Å². The molecule has 1 N–H and O–H groups in total. The number of hydrogen-bond donors (Lipinski definition) is 1. The maximum absolute atomic E-state index is 12.4. The van der Waals surface area contributed by atoms with Gasteiger partial charge in [0.1, 0.15) is 0 Å². The first kappa shape index (κ1) is 17.5. The van der Waals surface area contributed by atoms with Crippen LogP contribution in [0.1, 0.15) is 16.7 Å². The zero-order chi connectivity index (χ0) is 17.6. The first-order valence-corrected chi connectivity index (χ1v) is 9.56. The van der Waals surface area contributed by atoms with E-state index < -0.39 is 0 Å². The number of carbonyl (C=O) groups is 2. The molecule has 1 aliphatic rings. The van der Waals surface area contributed by atoms with Crippen molar-refractivity contribution in [3.05, 3.63) is 65.2 Å². The van der Waals surface area contributed by atoms with Crippen molar-refractivity contribution in [2.45, 2.75) is 19.9 Å². The highest BCUT2D eigenvalue weighted by Gasteiger charge is 2.20. The highest BCUT2D eigenvalue weighted by atomic mass is 32.2. The minimum Gasteiger partial charge on any atom is -0.337 e. The van der Waals surface area contributed by atoms with Crippen LogP contribution in [0.25, 0.3) is 0 Å². The summed E-state index contributed by atoms with van der Waals surface area (Å²) in [6, 6.07) is 15.9. The summed E-state index contributed by atoms with van der Waals surface area (Å²) in [7, 11) is 0. The second-order valence-corrected chi connectivity index (χ2v) is 7.23. The van der Waals surface area contributed by atoms with E-state index in [2.05, 4.69) is 17.4 Å². The standard InChI is InChI=1S/C20H22N2O2S/c1-15-6-8-18(9-7-15)21-19(23)13-25-14-20(24)22-11-10-16-4-2-3-5-17(16)12-22/h2-9H,10-14H2,1H3,(H,21,23). The maximum atomic E-state index is 12.4. The summed E-state index contributed by atoms with van der Waals surface area (Å²) in [5.41, 5.74) is 4.50. The van der Waals surface area contributed by atoms with Crippen LogP contribution in [-0.4, -0.2) is 34.8 Å². The molecule has 0 aliphatic carbocycles. The Hall–Kier alpha value is -2.27. The molecule has 0 radical (unpaired) electrons. The van der Waals surface area contributed by atoms with Crippen molar-refractivity contribution in [1.29, 1.82) is 0 Å². The Morgan fingerprint density at radius 2 is 1.76 bits per heavy atom. The van der Waals surface area contributed by atoms with E-state index in [1.54, 1.807) is 0 Å². The summed E-state index contributed by atoms with van der Waals surface area (Å²) < 4.78 is 0. The van der Waals surface area contributed by atoms with Gasteiger partial charge in [0.2, 0.25) is 11.8 Å². The molecule has 25 heavy (non-hydrogen) atoms. The molecular formula is C20H22N2O2S. The van der Waals surface area contributed by atoms with E-state index in [-0.39, 0.29) is 17.6 Å². The normalized spacial score (nSPS) is 13.2. The van der Waals surface area contributed by atoms with Crippen molar-refractivity contribution >= 4 is 29.3 Å². The molecule has 1 aliphatic heterocycles. The van der Waals surface area contributed by atoms with E-state index in [1.807, 2.05) is 48.2 Å². The molecule has 2 aromatic rings. The number of carbonyl (C=O) groups excluding carboxylic acids is 2. The number of rotatable bonds is 5. The zero-order valence-electron chi connectivity index (χ0n) is 14.3. The lowest BCUT2D eigenvalue weighted by Crippen LogP contribution is -2.37. The Morgan fingerprint density at radius 3 is 2.52 bits per heavy atom. The number of amides is 2. The van der Waals surface area contributed by atoms with Gasteiger partial charge in [0.15, 0.2) is 0 Å². The van der Waals surface area contributed by atoms with E-state index >= 15 is 0 Å². The minimum atomic E-state index is -0.0781. The van der Waals surface area contributed by atoms with E-state index in [1.165, 1.54) is 22.9 Å². The van der Waals surface area contributed by atoms with Crippen LogP contribution < -0.4 is 5.32 Å². The largest absolute Gasteiger partial charge is 0.337 e. The van der Waals surface area contributed by atoms with Crippen LogP contribution in [0.5, 0.6) is 0 Å². The number of fused-ring (bicyclic) bond motifs is 1. The van der Waals surface area contributed by atoms with Crippen LogP contribution in [-0.2, 0) is 22.6 Å². The molecule has 2 amide bonds. The lowest BCUT2D eigenvalue weighted by atomic mass is 10.00. The molecule has 0 spiro atoms. The number of hydrogen-bond acceptors (Lipinski definition) is 3. The van der Waals surface area contributed by atoms with Crippen molar-refractivity contribution in [2.24, 2.45) is 0 Å². The summed E-state index contributed by atoms with van der Waals surface area (Å²) in [6.07, 6.45) is 0.903. The van der Waals surface area contributed by atoms with Crippen LogP contribution >= 0.6 is 11.8 Å².